The number of rotatable bonds is 4. The fourth-order valence-corrected chi connectivity index (χ4v) is 1.24. The number of carbonyl (C=O) groups is 1. The van der Waals surface area contributed by atoms with Crippen molar-refractivity contribution in [1.29, 1.82) is 0 Å². The molecule has 1 fully saturated rings. The summed E-state index contributed by atoms with van der Waals surface area (Å²) >= 11 is 0. The van der Waals surface area contributed by atoms with Gasteiger partial charge < -0.3 is 9.47 Å². The van der Waals surface area contributed by atoms with E-state index in [-0.39, 0.29) is 12.1 Å². The Morgan fingerprint density at radius 3 is 3.08 bits per heavy atom. The Kier molecular flexibility index (Phi) is 4.08. The van der Waals surface area contributed by atoms with Gasteiger partial charge in [0.05, 0.1) is 6.10 Å². The zero-order valence-electron chi connectivity index (χ0n) is 7.54. The molecule has 1 rings (SSSR count). The Bertz CT molecular complexity index is 139. The maximum atomic E-state index is 10.9. The predicted octanol–water partition coefficient (Wildman–Crippen LogP) is 1.51. The molecule has 3 nitrogen and oxygen atoms in total. The average Bonchev–Trinajstić information content (AvgIpc) is 2.53. The summed E-state index contributed by atoms with van der Waals surface area (Å²) in [4.78, 5) is 10.9. The summed E-state index contributed by atoms with van der Waals surface area (Å²) in [5, 5.41) is 0. The van der Waals surface area contributed by atoms with E-state index < -0.39 is 0 Å². The van der Waals surface area contributed by atoms with Gasteiger partial charge in [-0.15, -0.1) is 0 Å². The molecule has 70 valence electrons. The maximum absolute atomic E-state index is 10.9. The standard InChI is InChI=1S/C9H16O3/c1-2-4-9(10)12-7-8-5-3-6-11-8/h8H,2-7H2,1H3/t8-/m0/s1. The van der Waals surface area contributed by atoms with Crippen LogP contribution in [0.4, 0.5) is 0 Å². The average molecular weight is 172 g/mol. The van der Waals surface area contributed by atoms with Gasteiger partial charge in [0.1, 0.15) is 6.61 Å². The van der Waals surface area contributed by atoms with Crippen LogP contribution in [0.3, 0.4) is 0 Å². The van der Waals surface area contributed by atoms with Crippen molar-refractivity contribution in [2.45, 2.75) is 38.7 Å². The van der Waals surface area contributed by atoms with Gasteiger partial charge in [0.15, 0.2) is 0 Å². The highest BCUT2D eigenvalue weighted by atomic mass is 16.6. The van der Waals surface area contributed by atoms with Crippen molar-refractivity contribution in [3.63, 3.8) is 0 Å². The van der Waals surface area contributed by atoms with Gasteiger partial charge in [0, 0.05) is 13.0 Å². The highest BCUT2D eigenvalue weighted by molar-refractivity contribution is 5.69. The third-order valence-corrected chi connectivity index (χ3v) is 1.91. The highest BCUT2D eigenvalue weighted by Crippen LogP contribution is 2.12. The van der Waals surface area contributed by atoms with E-state index in [2.05, 4.69) is 0 Å². The number of carbonyl (C=O) groups excluding carboxylic acids is 1. The minimum atomic E-state index is -0.104. The SMILES string of the molecule is CCCC(=O)OC[C@@H]1CCCO1. The highest BCUT2D eigenvalue weighted by Gasteiger charge is 2.16. The molecule has 1 aliphatic rings. The van der Waals surface area contributed by atoms with Crippen LogP contribution in [0.1, 0.15) is 32.6 Å². The molecule has 12 heavy (non-hydrogen) atoms. The lowest BCUT2D eigenvalue weighted by atomic mass is 10.2. The van der Waals surface area contributed by atoms with Gasteiger partial charge in [-0.1, -0.05) is 6.92 Å². The van der Waals surface area contributed by atoms with Crippen LogP contribution in [0.5, 0.6) is 0 Å². The van der Waals surface area contributed by atoms with E-state index in [9.17, 15) is 4.79 Å². The molecule has 0 aromatic heterocycles. The van der Waals surface area contributed by atoms with Crippen LogP contribution in [0.15, 0.2) is 0 Å². The number of esters is 1. The zero-order chi connectivity index (χ0) is 8.81. The molecule has 0 unspecified atom stereocenters. The lowest BCUT2D eigenvalue weighted by molar-refractivity contribution is -0.146. The first-order chi connectivity index (χ1) is 5.83. The Morgan fingerprint density at radius 2 is 2.50 bits per heavy atom. The van der Waals surface area contributed by atoms with Gasteiger partial charge in [-0.3, -0.25) is 4.79 Å². The van der Waals surface area contributed by atoms with Gasteiger partial charge >= 0.3 is 5.97 Å². The fourth-order valence-electron chi connectivity index (χ4n) is 1.24. The number of hydrogen-bond acceptors (Lipinski definition) is 3. The van der Waals surface area contributed by atoms with Crippen molar-refractivity contribution >= 4 is 5.97 Å². The van der Waals surface area contributed by atoms with E-state index in [1.165, 1.54) is 0 Å². The molecule has 0 aliphatic carbocycles. The summed E-state index contributed by atoms with van der Waals surface area (Å²) in [6, 6.07) is 0. The largest absolute Gasteiger partial charge is 0.463 e. The van der Waals surface area contributed by atoms with Crippen LogP contribution in [0, 0.1) is 0 Å². The van der Waals surface area contributed by atoms with Crippen molar-refractivity contribution in [3.05, 3.63) is 0 Å². The summed E-state index contributed by atoms with van der Waals surface area (Å²) in [5.74, 6) is -0.104. The summed E-state index contributed by atoms with van der Waals surface area (Å²) in [5.41, 5.74) is 0. The first-order valence-electron chi connectivity index (χ1n) is 4.60. The van der Waals surface area contributed by atoms with Crippen molar-refractivity contribution in [3.8, 4) is 0 Å². The second-order valence-electron chi connectivity index (χ2n) is 3.07. The molecule has 0 spiro atoms. The summed E-state index contributed by atoms with van der Waals surface area (Å²) in [6.07, 6.45) is 3.65. The third-order valence-electron chi connectivity index (χ3n) is 1.91. The van der Waals surface area contributed by atoms with Crippen LogP contribution >= 0.6 is 0 Å². The normalized spacial score (nSPS) is 22.6. The lowest BCUT2D eigenvalue weighted by Crippen LogP contribution is -2.17. The molecule has 0 saturated carbocycles. The maximum Gasteiger partial charge on any atom is 0.305 e. The summed E-state index contributed by atoms with van der Waals surface area (Å²) in [7, 11) is 0. The molecule has 0 amide bonds. The van der Waals surface area contributed by atoms with E-state index in [0.29, 0.717) is 13.0 Å². The Labute approximate surface area is 73.0 Å². The topological polar surface area (TPSA) is 35.5 Å². The molecular weight excluding hydrogens is 156 g/mol. The van der Waals surface area contributed by atoms with Gasteiger partial charge in [0.25, 0.3) is 0 Å². The Morgan fingerprint density at radius 1 is 1.67 bits per heavy atom. The first kappa shape index (κ1) is 9.52. The quantitative estimate of drug-likeness (QED) is 0.603. The smallest absolute Gasteiger partial charge is 0.305 e. The van der Waals surface area contributed by atoms with E-state index in [0.717, 1.165) is 25.9 Å². The predicted molar refractivity (Wildman–Crippen MR) is 44.8 cm³/mol. The minimum Gasteiger partial charge on any atom is -0.463 e. The Balaban J connectivity index is 2.03. The van der Waals surface area contributed by atoms with E-state index in [1.54, 1.807) is 0 Å². The number of ether oxygens (including phenoxy) is 2. The van der Waals surface area contributed by atoms with Gasteiger partial charge in [-0.25, -0.2) is 0 Å². The van der Waals surface area contributed by atoms with Crippen molar-refractivity contribution in [2.75, 3.05) is 13.2 Å². The lowest BCUT2D eigenvalue weighted by Gasteiger charge is -2.09. The second-order valence-corrected chi connectivity index (χ2v) is 3.07. The Hall–Kier alpha value is -0.570. The monoisotopic (exact) mass is 172 g/mol. The van der Waals surface area contributed by atoms with Crippen LogP contribution in [-0.4, -0.2) is 25.3 Å². The van der Waals surface area contributed by atoms with Crippen LogP contribution in [-0.2, 0) is 14.3 Å². The van der Waals surface area contributed by atoms with Crippen LogP contribution in [0.2, 0.25) is 0 Å². The van der Waals surface area contributed by atoms with Gasteiger partial charge in [0.2, 0.25) is 0 Å². The second kappa shape index (κ2) is 5.14. The molecule has 0 aromatic carbocycles. The van der Waals surface area contributed by atoms with E-state index >= 15 is 0 Å². The molecule has 1 aliphatic heterocycles. The van der Waals surface area contributed by atoms with Crippen molar-refractivity contribution < 1.29 is 14.3 Å². The fraction of sp³-hybridized carbons (Fsp3) is 0.889. The molecule has 0 radical (unpaired) electrons. The summed E-state index contributed by atoms with van der Waals surface area (Å²) < 4.78 is 10.3. The first-order valence-corrected chi connectivity index (χ1v) is 4.60. The van der Waals surface area contributed by atoms with Gasteiger partial charge in [-0.05, 0) is 19.3 Å². The molecule has 0 bridgehead atoms. The molecule has 1 heterocycles. The van der Waals surface area contributed by atoms with Crippen LogP contribution in [0.25, 0.3) is 0 Å². The molecule has 3 heteroatoms. The molecule has 0 aromatic rings. The van der Waals surface area contributed by atoms with Crippen molar-refractivity contribution in [2.24, 2.45) is 0 Å². The van der Waals surface area contributed by atoms with E-state index in [4.69, 9.17) is 9.47 Å². The van der Waals surface area contributed by atoms with Gasteiger partial charge in [-0.2, -0.15) is 0 Å². The minimum absolute atomic E-state index is 0.104. The molecule has 0 N–H and O–H groups in total. The summed E-state index contributed by atoms with van der Waals surface area (Å²) in [6.45, 7) is 3.22. The number of hydrogen-bond donors (Lipinski definition) is 0. The van der Waals surface area contributed by atoms with Crippen LogP contribution < -0.4 is 0 Å². The molecule has 1 atom stereocenters. The van der Waals surface area contributed by atoms with Crippen molar-refractivity contribution in [1.82, 2.24) is 0 Å². The molecule has 1 saturated heterocycles. The molecular formula is C9H16O3. The zero-order valence-corrected chi connectivity index (χ0v) is 7.54. The van der Waals surface area contributed by atoms with E-state index in [1.807, 2.05) is 6.92 Å². The third kappa shape index (κ3) is 3.22.